The maximum absolute atomic E-state index is 6.25. The lowest BCUT2D eigenvalue weighted by molar-refractivity contribution is 0.0992. The van der Waals surface area contributed by atoms with Crippen LogP contribution in [0.25, 0.3) is 0 Å². The van der Waals surface area contributed by atoms with Crippen LogP contribution < -0.4 is 4.74 Å². The first kappa shape index (κ1) is 14.4. The molecular weight excluding hydrogens is 356 g/mol. The van der Waals surface area contributed by atoms with Crippen molar-refractivity contribution in [2.24, 2.45) is 11.8 Å². The summed E-state index contributed by atoms with van der Waals surface area (Å²) in [5, 5.41) is 0.834. The second-order valence-electron chi connectivity index (χ2n) is 5.37. The van der Waals surface area contributed by atoms with Crippen LogP contribution in [0.2, 0.25) is 0 Å². The van der Waals surface area contributed by atoms with Crippen molar-refractivity contribution in [3.8, 4) is 5.75 Å². The topological polar surface area (TPSA) is 9.23 Å². The molecule has 2 rings (SSSR count). The average Bonchev–Trinajstić information content (AvgIpc) is 2.36. The molecule has 0 bridgehead atoms. The van der Waals surface area contributed by atoms with Gasteiger partial charge in [0.05, 0.1) is 10.6 Å². The van der Waals surface area contributed by atoms with Crippen LogP contribution in [0.15, 0.2) is 22.7 Å². The van der Waals surface area contributed by atoms with E-state index in [0.29, 0.717) is 6.10 Å². The summed E-state index contributed by atoms with van der Waals surface area (Å²) >= 11 is 7.12. The van der Waals surface area contributed by atoms with E-state index >= 15 is 0 Å². The number of hydrogen-bond donors (Lipinski definition) is 0. The molecule has 100 valence electrons. The third-order valence-corrected chi connectivity index (χ3v) is 5.26. The van der Waals surface area contributed by atoms with Crippen LogP contribution in [0, 0.1) is 11.8 Å². The van der Waals surface area contributed by atoms with Gasteiger partial charge in [-0.1, -0.05) is 41.9 Å². The van der Waals surface area contributed by atoms with Crippen LogP contribution in [-0.4, -0.2) is 6.10 Å². The summed E-state index contributed by atoms with van der Waals surface area (Å²) in [6.45, 7) is 4.69. The van der Waals surface area contributed by atoms with Gasteiger partial charge in [0.25, 0.3) is 0 Å². The molecule has 18 heavy (non-hydrogen) atoms. The number of halogens is 2. The molecule has 1 aromatic rings. The zero-order valence-corrected chi connectivity index (χ0v) is 14.1. The Hall–Kier alpha value is -0.0200. The van der Waals surface area contributed by atoms with Crippen molar-refractivity contribution in [3.63, 3.8) is 0 Å². The summed E-state index contributed by atoms with van der Waals surface area (Å²) < 4.78 is 7.31. The van der Waals surface area contributed by atoms with Crippen molar-refractivity contribution < 1.29 is 4.74 Å². The molecular formula is C15H20Br2O. The van der Waals surface area contributed by atoms with Crippen LogP contribution in [0.4, 0.5) is 0 Å². The van der Waals surface area contributed by atoms with E-state index in [1.54, 1.807) is 0 Å². The smallest absolute Gasteiger partial charge is 0.137 e. The Morgan fingerprint density at radius 1 is 1.22 bits per heavy atom. The molecule has 0 radical (unpaired) electrons. The van der Waals surface area contributed by atoms with E-state index in [1.165, 1.54) is 24.8 Å². The van der Waals surface area contributed by atoms with Gasteiger partial charge in [0.2, 0.25) is 0 Å². The van der Waals surface area contributed by atoms with Gasteiger partial charge in [-0.15, -0.1) is 0 Å². The first-order chi connectivity index (χ1) is 8.61. The van der Waals surface area contributed by atoms with Gasteiger partial charge in [0, 0.05) is 10.9 Å². The minimum absolute atomic E-state index is 0.368. The molecule has 0 amide bonds. The van der Waals surface area contributed by atoms with E-state index in [0.717, 1.165) is 27.4 Å². The zero-order valence-electron chi connectivity index (χ0n) is 11.0. The van der Waals surface area contributed by atoms with Crippen molar-refractivity contribution in [3.05, 3.63) is 28.2 Å². The standard InChI is InChI=1S/C15H20Br2O/c1-10-6-7-13(8-11(10)2)18-15-12(9-16)4-3-5-14(15)17/h3-5,10-11,13H,6-9H2,1-2H3. The summed E-state index contributed by atoms with van der Waals surface area (Å²) in [7, 11) is 0. The van der Waals surface area contributed by atoms with Gasteiger partial charge in [-0.3, -0.25) is 0 Å². The predicted octanol–water partition coefficient (Wildman–Crippen LogP) is 5.55. The fraction of sp³-hybridized carbons (Fsp3) is 0.600. The Bertz CT molecular complexity index is 405. The Morgan fingerprint density at radius 3 is 2.67 bits per heavy atom. The lowest BCUT2D eigenvalue weighted by atomic mass is 9.80. The van der Waals surface area contributed by atoms with E-state index in [-0.39, 0.29) is 0 Å². The Kier molecular flexibility index (Phi) is 5.14. The fourth-order valence-electron chi connectivity index (χ4n) is 2.56. The second kappa shape index (κ2) is 6.42. The molecule has 1 aromatic carbocycles. The highest BCUT2D eigenvalue weighted by Gasteiger charge is 2.26. The molecule has 0 heterocycles. The fourth-order valence-corrected chi connectivity index (χ4v) is 3.50. The molecule has 3 heteroatoms. The minimum Gasteiger partial charge on any atom is -0.489 e. The third-order valence-electron chi connectivity index (χ3n) is 4.03. The third kappa shape index (κ3) is 3.30. The van der Waals surface area contributed by atoms with Crippen molar-refractivity contribution in [2.45, 2.75) is 44.5 Å². The molecule has 1 fully saturated rings. The molecule has 0 aromatic heterocycles. The Balaban J connectivity index is 2.10. The predicted molar refractivity (Wildman–Crippen MR) is 83.4 cm³/mol. The number of hydrogen-bond acceptors (Lipinski definition) is 1. The maximum Gasteiger partial charge on any atom is 0.137 e. The van der Waals surface area contributed by atoms with Crippen LogP contribution in [0.3, 0.4) is 0 Å². The Morgan fingerprint density at radius 2 is 2.00 bits per heavy atom. The monoisotopic (exact) mass is 374 g/mol. The molecule has 3 atom stereocenters. The van der Waals surface area contributed by atoms with E-state index < -0.39 is 0 Å². The lowest BCUT2D eigenvalue weighted by Crippen LogP contribution is -2.29. The van der Waals surface area contributed by atoms with Gasteiger partial charge in [0.15, 0.2) is 0 Å². The Labute approximate surface area is 127 Å². The van der Waals surface area contributed by atoms with Crippen LogP contribution in [0.5, 0.6) is 5.75 Å². The molecule has 0 N–H and O–H groups in total. The second-order valence-corrected chi connectivity index (χ2v) is 6.78. The highest BCUT2D eigenvalue weighted by atomic mass is 79.9. The van der Waals surface area contributed by atoms with Crippen LogP contribution >= 0.6 is 31.9 Å². The van der Waals surface area contributed by atoms with E-state index in [4.69, 9.17) is 4.74 Å². The van der Waals surface area contributed by atoms with Crippen molar-refractivity contribution >= 4 is 31.9 Å². The molecule has 1 aliphatic carbocycles. The quantitative estimate of drug-likeness (QED) is 0.629. The first-order valence-corrected chi connectivity index (χ1v) is 8.53. The average molecular weight is 376 g/mol. The molecule has 0 aliphatic heterocycles. The minimum atomic E-state index is 0.368. The number of alkyl halides is 1. The summed E-state index contributed by atoms with van der Waals surface area (Å²) in [6, 6.07) is 6.22. The van der Waals surface area contributed by atoms with E-state index in [1.807, 2.05) is 0 Å². The van der Waals surface area contributed by atoms with Crippen LogP contribution in [-0.2, 0) is 5.33 Å². The van der Waals surface area contributed by atoms with Crippen molar-refractivity contribution in [2.75, 3.05) is 0 Å². The summed E-state index contributed by atoms with van der Waals surface area (Å²) in [5.74, 6) is 2.61. The number of rotatable bonds is 3. The molecule has 0 spiro atoms. The molecule has 3 unspecified atom stereocenters. The van der Waals surface area contributed by atoms with Gasteiger partial charge >= 0.3 is 0 Å². The number of ether oxygens (including phenoxy) is 1. The maximum atomic E-state index is 6.25. The van der Waals surface area contributed by atoms with Crippen molar-refractivity contribution in [1.82, 2.24) is 0 Å². The summed E-state index contributed by atoms with van der Waals surface area (Å²) in [4.78, 5) is 0. The van der Waals surface area contributed by atoms with Gasteiger partial charge in [-0.05, 0) is 53.1 Å². The van der Waals surface area contributed by atoms with Gasteiger partial charge in [-0.25, -0.2) is 0 Å². The lowest BCUT2D eigenvalue weighted by Gasteiger charge is -2.32. The normalized spacial score (nSPS) is 28.1. The largest absolute Gasteiger partial charge is 0.489 e. The molecule has 1 nitrogen and oxygen atoms in total. The van der Waals surface area contributed by atoms with Crippen molar-refractivity contribution in [1.29, 1.82) is 0 Å². The highest BCUT2D eigenvalue weighted by Crippen LogP contribution is 2.36. The van der Waals surface area contributed by atoms with Gasteiger partial charge in [-0.2, -0.15) is 0 Å². The first-order valence-electron chi connectivity index (χ1n) is 6.61. The zero-order chi connectivity index (χ0) is 13.1. The van der Waals surface area contributed by atoms with Crippen LogP contribution in [0.1, 0.15) is 38.7 Å². The van der Waals surface area contributed by atoms with E-state index in [2.05, 4.69) is 63.9 Å². The van der Waals surface area contributed by atoms with E-state index in [9.17, 15) is 0 Å². The molecule has 1 aliphatic rings. The van der Waals surface area contributed by atoms with Gasteiger partial charge in [0.1, 0.15) is 5.75 Å². The molecule has 1 saturated carbocycles. The summed E-state index contributed by atoms with van der Waals surface area (Å²) in [5.41, 5.74) is 1.22. The van der Waals surface area contributed by atoms with Gasteiger partial charge < -0.3 is 4.74 Å². The molecule has 0 saturated heterocycles. The summed E-state index contributed by atoms with van der Waals surface area (Å²) in [6.07, 6.45) is 3.99. The highest BCUT2D eigenvalue weighted by molar-refractivity contribution is 9.10. The number of benzene rings is 1. The SMILES string of the molecule is CC1CCC(Oc2c(Br)cccc2CBr)CC1C. The number of para-hydroxylation sites is 1.